The van der Waals surface area contributed by atoms with Crippen LogP contribution in [0.4, 0.5) is 10.5 Å². The summed E-state index contributed by atoms with van der Waals surface area (Å²) < 4.78 is 5.12. The van der Waals surface area contributed by atoms with Gasteiger partial charge in [0.1, 0.15) is 5.75 Å². The van der Waals surface area contributed by atoms with Crippen LogP contribution in [0.3, 0.4) is 0 Å². The minimum Gasteiger partial charge on any atom is -0.497 e. The van der Waals surface area contributed by atoms with E-state index >= 15 is 0 Å². The third-order valence-corrected chi connectivity index (χ3v) is 4.59. The van der Waals surface area contributed by atoms with E-state index in [0.717, 1.165) is 36.3 Å². The first-order valence-electron chi connectivity index (χ1n) is 9.18. The maximum atomic E-state index is 12.2. The number of carbonyl (C=O) groups excluding carboxylic acids is 2. The number of hydrogen-bond acceptors (Lipinski definition) is 3. The average Bonchev–Trinajstić information content (AvgIpc) is 2.69. The van der Waals surface area contributed by atoms with E-state index in [1.54, 1.807) is 7.11 Å². The van der Waals surface area contributed by atoms with E-state index in [4.69, 9.17) is 4.74 Å². The van der Waals surface area contributed by atoms with Crippen LogP contribution >= 0.6 is 0 Å². The third kappa shape index (κ3) is 5.48. The Morgan fingerprint density at radius 1 is 1.11 bits per heavy atom. The molecule has 1 aliphatic heterocycles. The molecule has 0 aliphatic carbocycles. The monoisotopic (exact) mass is 367 g/mol. The number of rotatable bonds is 6. The van der Waals surface area contributed by atoms with E-state index in [0.29, 0.717) is 25.2 Å². The summed E-state index contributed by atoms with van der Waals surface area (Å²) in [5.41, 5.74) is 2.71. The molecule has 0 aromatic heterocycles. The van der Waals surface area contributed by atoms with E-state index in [1.807, 2.05) is 53.4 Å². The number of nitrogens with one attached hydrogen (secondary N) is 2. The van der Waals surface area contributed by atoms with Crippen molar-refractivity contribution in [2.75, 3.05) is 19.0 Å². The summed E-state index contributed by atoms with van der Waals surface area (Å²) in [6.45, 7) is 1.82. The number of ether oxygens (including phenoxy) is 1. The van der Waals surface area contributed by atoms with Gasteiger partial charge in [-0.25, -0.2) is 4.79 Å². The maximum absolute atomic E-state index is 12.2. The fourth-order valence-corrected chi connectivity index (χ4v) is 3.10. The second-order valence-electron chi connectivity index (χ2n) is 6.63. The zero-order valence-electron chi connectivity index (χ0n) is 15.5. The number of urea groups is 1. The summed E-state index contributed by atoms with van der Waals surface area (Å²) in [7, 11) is 1.62. The van der Waals surface area contributed by atoms with Gasteiger partial charge in [0, 0.05) is 31.7 Å². The van der Waals surface area contributed by atoms with Crippen LogP contribution in [0.2, 0.25) is 0 Å². The quantitative estimate of drug-likeness (QED) is 0.820. The largest absolute Gasteiger partial charge is 0.497 e. The smallest absolute Gasteiger partial charge is 0.319 e. The van der Waals surface area contributed by atoms with Crippen molar-refractivity contribution in [2.24, 2.45) is 0 Å². The summed E-state index contributed by atoms with van der Waals surface area (Å²) in [4.78, 5) is 26.0. The van der Waals surface area contributed by atoms with Gasteiger partial charge >= 0.3 is 6.03 Å². The lowest BCUT2D eigenvalue weighted by Gasteiger charge is -2.26. The highest BCUT2D eigenvalue weighted by molar-refractivity contribution is 5.89. The van der Waals surface area contributed by atoms with E-state index in [-0.39, 0.29) is 11.9 Å². The summed E-state index contributed by atoms with van der Waals surface area (Å²) >= 11 is 0. The van der Waals surface area contributed by atoms with Crippen molar-refractivity contribution in [3.05, 3.63) is 59.7 Å². The molecular weight excluding hydrogens is 342 g/mol. The Labute approximate surface area is 159 Å². The van der Waals surface area contributed by atoms with E-state index in [9.17, 15) is 9.59 Å². The lowest BCUT2D eigenvalue weighted by atomic mass is 10.1. The zero-order chi connectivity index (χ0) is 19.1. The van der Waals surface area contributed by atoms with Gasteiger partial charge in [-0.15, -0.1) is 0 Å². The van der Waals surface area contributed by atoms with Gasteiger partial charge < -0.3 is 20.3 Å². The number of methoxy groups -OCH3 is 1. The van der Waals surface area contributed by atoms with Gasteiger partial charge in [-0.1, -0.05) is 24.3 Å². The number of likely N-dealkylation sites (tertiary alicyclic amines) is 1. The molecule has 2 N–H and O–H groups in total. The van der Waals surface area contributed by atoms with Gasteiger partial charge in [0.2, 0.25) is 5.91 Å². The lowest BCUT2D eigenvalue weighted by molar-refractivity contribution is -0.133. The van der Waals surface area contributed by atoms with Gasteiger partial charge in [-0.2, -0.15) is 0 Å². The van der Waals surface area contributed by atoms with Crippen molar-refractivity contribution >= 4 is 17.6 Å². The number of anilines is 1. The standard InChI is InChI=1S/C21H25N3O3/c1-27-19-10-8-16(9-11-19)14-22-21(26)23-18-6-4-5-17(13-18)15-24-12-3-2-7-20(24)25/h4-6,8-11,13H,2-3,7,12,14-15H2,1H3,(H2,22,23,26). The topological polar surface area (TPSA) is 70.7 Å². The molecule has 142 valence electrons. The first-order chi connectivity index (χ1) is 13.1. The molecule has 1 saturated heterocycles. The molecule has 1 fully saturated rings. The molecule has 0 atom stereocenters. The minimum atomic E-state index is -0.267. The molecule has 3 rings (SSSR count). The van der Waals surface area contributed by atoms with Crippen molar-refractivity contribution in [3.63, 3.8) is 0 Å². The van der Waals surface area contributed by atoms with Crippen molar-refractivity contribution in [3.8, 4) is 5.75 Å². The SMILES string of the molecule is COc1ccc(CNC(=O)Nc2cccc(CN3CCCCC3=O)c2)cc1. The number of nitrogens with zero attached hydrogens (tertiary/aromatic N) is 1. The second-order valence-corrected chi connectivity index (χ2v) is 6.63. The first kappa shape index (κ1) is 18.8. The Bertz CT molecular complexity index is 790. The zero-order valence-corrected chi connectivity index (χ0v) is 15.5. The molecule has 2 aromatic carbocycles. The Balaban J connectivity index is 1.52. The van der Waals surface area contributed by atoms with E-state index < -0.39 is 0 Å². The first-order valence-corrected chi connectivity index (χ1v) is 9.18. The van der Waals surface area contributed by atoms with Crippen molar-refractivity contribution < 1.29 is 14.3 Å². The van der Waals surface area contributed by atoms with E-state index in [2.05, 4.69) is 10.6 Å². The summed E-state index contributed by atoms with van der Waals surface area (Å²) in [5.74, 6) is 0.990. The summed E-state index contributed by atoms with van der Waals surface area (Å²) in [6.07, 6.45) is 2.66. The van der Waals surface area contributed by atoms with Crippen molar-refractivity contribution in [2.45, 2.75) is 32.4 Å². The van der Waals surface area contributed by atoms with Crippen LogP contribution in [-0.2, 0) is 17.9 Å². The normalized spacial score (nSPS) is 14.0. The number of piperidine rings is 1. The fraction of sp³-hybridized carbons (Fsp3) is 0.333. The molecule has 3 amide bonds. The molecule has 0 bridgehead atoms. The highest BCUT2D eigenvalue weighted by Gasteiger charge is 2.18. The molecule has 27 heavy (non-hydrogen) atoms. The average molecular weight is 367 g/mol. The predicted molar refractivity (Wildman–Crippen MR) is 105 cm³/mol. The summed E-state index contributed by atoms with van der Waals surface area (Å²) in [5, 5.41) is 5.68. The number of amides is 3. The highest BCUT2D eigenvalue weighted by Crippen LogP contribution is 2.17. The summed E-state index contributed by atoms with van der Waals surface area (Å²) in [6, 6.07) is 14.9. The molecule has 1 heterocycles. The van der Waals surface area contributed by atoms with Crippen molar-refractivity contribution in [1.29, 1.82) is 0 Å². The Kier molecular flexibility index (Phi) is 6.30. The molecule has 6 nitrogen and oxygen atoms in total. The van der Waals surface area contributed by atoms with Gasteiger partial charge in [0.05, 0.1) is 7.11 Å². The number of benzene rings is 2. The molecule has 2 aromatic rings. The highest BCUT2D eigenvalue weighted by atomic mass is 16.5. The molecule has 0 radical (unpaired) electrons. The van der Waals surface area contributed by atoms with Gasteiger partial charge in [0.25, 0.3) is 0 Å². The van der Waals surface area contributed by atoms with Crippen LogP contribution in [-0.4, -0.2) is 30.5 Å². The van der Waals surface area contributed by atoms with E-state index in [1.165, 1.54) is 0 Å². The molecule has 0 unspecified atom stereocenters. The molecule has 0 spiro atoms. The maximum Gasteiger partial charge on any atom is 0.319 e. The Morgan fingerprint density at radius 2 is 1.93 bits per heavy atom. The van der Waals surface area contributed by atoms with Crippen LogP contribution in [0.5, 0.6) is 5.75 Å². The molecule has 6 heteroatoms. The van der Waals surface area contributed by atoms with Crippen LogP contribution in [0.1, 0.15) is 30.4 Å². The Morgan fingerprint density at radius 3 is 2.67 bits per heavy atom. The molecule has 0 saturated carbocycles. The second kappa shape index (κ2) is 9.07. The molecule has 1 aliphatic rings. The number of hydrogen-bond donors (Lipinski definition) is 2. The number of carbonyl (C=O) groups is 2. The minimum absolute atomic E-state index is 0.205. The van der Waals surface area contributed by atoms with Crippen LogP contribution in [0, 0.1) is 0 Å². The van der Waals surface area contributed by atoms with Gasteiger partial charge in [0.15, 0.2) is 0 Å². The molecular formula is C21H25N3O3. The van der Waals surface area contributed by atoms with Crippen LogP contribution < -0.4 is 15.4 Å². The van der Waals surface area contributed by atoms with Gasteiger partial charge in [-0.3, -0.25) is 4.79 Å². The lowest BCUT2D eigenvalue weighted by Crippen LogP contribution is -2.34. The Hall–Kier alpha value is -3.02. The predicted octanol–water partition coefficient (Wildman–Crippen LogP) is 3.53. The van der Waals surface area contributed by atoms with Crippen LogP contribution in [0.15, 0.2) is 48.5 Å². The van der Waals surface area contributed by atoms with Gasteiger partial charge in [-0.05, 0) is 48.2 Å². The third-order valence-electron chi connectivity index (χ3n) is 4.59. The fourth-order valence-electron chi connectivity index (χ4n) is 3.10. The van der Waals surface area contributed by atoms with Crippen molar-refractivity contribution in [1.82, 2.24) is 10.2 Å². The van der Waals surface area contributed by atoms with Crippen LogP contribution in [0.25, 0.3) is 0 Å².